The number of para-hydroxylation sites is 1. The number of carbonyl (C=O) groups excluding carboxylic acids is 1. The fourth-order valence-electron chi connectivity index (χ4n) is 3.06. The van der Waals surface area contributed by atoms with Crippen molar-refractivity contribution in [2.75, 3.05) is 13.2 Å². The number of hydrogen-bond acceptors (Lipinski definition) is 4. The second-order valence-electron chi connectivity index (χ2n) is 6.02. The smallest absolute Gasteiger partial charge is 0.255 e. The Morgan fingerprint density at radius 2 is 2.32 bits per heavy atom. The van der Waals surface area contributed by atoms with Gasteiger partial charge in [0.1, 0.15) is 6.10 Å². The van der Waals surface area contributed by atoms with Crippen molar-refractivity contribution in [3.05, 3.63) is 47.0 Å². The molecule has 2 heterocycles. The minimum atomic E-state index is -0.545. The molecule has 2 atom stereocenters. The zero-order valence-corrected chi connectivity index (χ0v) is 14.6. The van der Waals surface area contributed by atoms with Crippen LogP contribution in [0.5, 0.6) is 5.75 Å². The molecule has 25 heavy (non-hydrogen) atoms. The van der Waals surface area contributed by atoms with Crippen molar-refractivity contribution in [2.45, 2.75) is 32.4 Å². The summed E-state index contributed by atoms with van der Waals surface area (Å²) in [4.78, 5) is 12.7. The van der Waals surface area contributed by atoms with Crippen LogP contribution in [0.1, 0.15) is 41.1 Å². The van der Waals surface area contributed by atoms with Crippen LogP contribution < -0.4 is 10.1 Å². The summed E-state index contributed by atoms with van der Waals surface area (Å²) in [5, 5.41) is 7.20. The summed E-state index contributed by atoms with van der Waals surface area (Å²) in [5.74, 6) is -0.933. The van der Waals surface area contributed by atoms with Crippen molar-refractivity contribution in [3.63, 3.8) is 0 Å². The number of carbonyl (C=O) groups is 1. The van der Waals surface area contributed by atoms with Gasteiger partial charge in [0.05, 0.1) is 24.4 Å². The van der Waals surface area contributed by atoms with E-state index >= 15 is 0 Å². The minimum Gasteiger partial charge on any atom is -0.490 e. The van der Waals surface area contributed by atoms with Gasteiger partial charge in [0, 0.05) is 24.9 Å². The van der Waals surface area contributed by atoms with Gasteiger partial charge in [0.2, 0.25) is 0 Å². The van der Waals surface area contributed by atoms with Crippen LogP contribution in [0.2, 0.25) is 0 Å². The topological polar surface area (TPSA) is 65.4 Å². The van der Waals surface area contributed by atoms with E-state index in [1.807, 2.05) is 14.0 Å². The molecule has 0 bridgehead atoms. The molecule has 1 amide bonds. The highest BCUT2D eigenvalue weighted by Crippen LogP contribution is 2.31. The van der Waals surface area contributed by atoms with Gasteiger partial charge in [-0.25, -0.2) is 4.39 Å². The fraction of sp³-hybridized carbons (Fsp3) is 0.444. The number of hydrogen-bond donors (Lipinski definition) is 1. The first-order valence-electron chi connectivity index (χ1n) is 8.35. The Morgan fingerprint density at radius 3 is 3.00 bits per heavy atom. The third-order valence-electron chi connectivity index (χ3n) is 4.49. The number of nitrogens with zero attached hydrogens (tertiary/aromatic N) is 2. The lowest BCUT2D eigenvalue weighted by atomic mass is 10.0. The number of halogens is 1. The molecule has 6 nitrogen and oxygen atoms in total. The second-order valence-corrected chi connectivity index (χ2v) is 6.02. The maximum Gasteiger partial charge on any atom is 0.255 e. The number of aromatic nitrogens is 2. The lowest BCUT2D eigenvalue weighted by molar-refractivity contribution is 0.0816. The van der Waals surface area contributed by atoms with Crippen molar-refractivity contribution in [1.29, 1.82) is 0 Å². The van der Waals surface area contributed by atoms with Crippen molar-refractivity contribution >= 4 is 5.91 Å². The SMILES string of the molecule is CCOc1c(F)cccc1C(=O)N[C@H]1CCO[C@@H]1c1cnn(C)c1C. The molecule has 2 aromatic rings. The first kappa shape index (κ1) is 17.4. The average molecular weight is 347 g/mol. The van der Waals surface area contributed by atoms with Crippen LogP contribution in [0.3, 0.4) is 0 Å². The van der Waals surface area contributed by atoms with Crippen LogP contribution in [-0.2, 0) is 11.8 Å². The van der Waals surface area contributed by atoms with Gasteiger partial charge < -0.3 is 14.8 Å². The molecule has 0 radical (unpaired) electrons. The third kappa shape index (κ3) is 3.37. The molecule has 1 aliphatic heterocycles. The van der Waals surface area contributed by atoms with Crippen LogP contribution in [-0.4, -0.2) is 34.9 Å². The number of ether oxygens (including phenoxy) is 2. The van der Waals surface area contributed by atoms with E-state index in [1.165, 1.54) is 12.1 Å². The Bertz CT molecular complexity index is 775. The predicted molar refractivity (Wildman–Crippen MR) is 90.1 cm³/mol. The predicted octanol–water partition coefficient (Wildman–Crippen LogP) is 2.53. The minimum absolute atomic E-state index is 0.0180. The standard InChI is InChI=1S/C18H22FN3O3/c1-4-24-16-12(6-5-7-14(16)19)18(23)21-15-8-9-25-17(15)13-10-20-22(3)11(13)2/h5-7,10,15,17H,4,8-9H2,1-3H3,(H,21,23)/t15-,17+/m0/s1. The van der Waals surface area contributed by atoms with Crippen LogP contribution >= 0.6 is 0 Å². The normalized spacial score (nSPS) is 19.8. The Balaban J connectivity index is 1.81. The Hall–Kier alpha value is -2.41. The highest BCUT2D eigenvalue weighted by atomic mass is 19.1. The second kappa shape index (κ2) is 7.23. The molecule has 0 saturated carbocycles. The van der Waals surface area contributed by atoms with E-state index in [-0.39, 0.29) is 36.0 Å². The number of amides is 1. The van der Waals surface area contributed by atoms with E-state index < -0.39 is 5.82 Å². The van der Waals surface area contributed by atoms with Gasteiger partial charge in [-0.05, 0) is 32.4 Å². The zero-order chi connectivity index (χ0) is 18.0. The molecular formula is C18H22FN3O3. The van der Waals surface area contributed by atoms with Crippen LogP contribution in [0, 0.1) is 12.7 Å². The summed E-state index contributed by atoms with van der Waals surface area (Å²) in [6.45, 7) is 4.54. The lowest BCUT2D eigenvalue weighted by Gasteiger charge is -2.20. The van der Waals surface area contributed by atoms with E-state index in [2.05, 4.69) is 10.4 Å². The largest absolute Gasteiger partial charge is 0.490 e. The van der Waals surface area contributed by atoms with Crippen molar-refractivity contribution < 1.29 is 18.7 Å². The quantitative estimate of drug-likeness (QED) is 0.903. The fourth-order valence-corrected chi connectivity index (χ4v) is 3.06. The number of aryl methyl sites for hydroxylation is 1. The average Bonchev–Trinajstić information content (AvgIpc) is 3.17. The van der Waals surface area contributed by atoms with Gasteiger partial charge in [-0.1, -0.05) is 6.07 Å². The molecular weight excluding hydrogens is 325 g/mol. The molecule has 1 N–H and O–H groups in total. The lowest BCUT2D eigenvalue weighted by Crippen LogP contribution is -2.37. The van der Waals surface area contributed by atoms with Gasteiger partial charge in [0.25, 0.3) is 5.91 Å². The highest BCUT2D eigenvalue weighted by Gasteiger charge is 2.34. The van der Waals surface area contributed by atoms with Gasteiger partial charge >= 0.3 is 0 Å². The number of nitrogens with one attached hydrogen (secondary N) is 1. The van der Waals surface area contributed by atoms with Gasteiger partial charge in [-0.2, -0.15) is 5.10 Å². The Labute approximate surface area is 145 Å². The van der Waals surface area contributed by atoms with Crippen molar-refractivity contribution in [1.82, 2.24) is 15.1 Å². The molecule has 1 aromatic carbocycles. The van der Waals surface area contributed by atoms with E-state index in [0.717, 1.165) is 11.3 Å². The summed E-state index contributed by atoms with van der Waals surface area (Å²) in [5.41, 5.74) is 2.14. The summed E-state index contributed by atoms with van der Waals surface area (Å²) < 4.78 is 26.9. The Kier molecular flexibility index (Phi) is 5.03. The molecule has 1 aliphatic rings. The first-order valence-corrected chi connectivity index (χ1v) is 8.35. The molecule has 1 fully saturated rings. The maximum atomic E-state index is 14.0. The summed E-state index contributed by atoms with van der Waals surface area (Å²) in [7, 11) is 1.86. The third-order valence-corrected chi connectivity index (χ3v) is 4.49. The number of rotatable bonds is 5. The molecule has 7 heteroatoms. The summed E-state index contributed by atoms with van der Waals surface area (Å²) in [6.07, 6.45) is 2.18. The summed E-state index contributed by atoms with van der Waals surface area (Å²) in [6, 6.07) is 4.14. The molecule has 134 valence electrons. The molecule has 0 aliphatic carbocycles. The van der Waals surface area contributed by atoms with Gasteiger partial charge in [0.15, 0.2) is 11.6 Å². The molecule has 3 rings (SSSR count). The molecule has 1 aromatic heterocycles. The first-order chi connectivity index (χ1) is 12.0. The van der Waals surface area contributed by atoms with Crippen molar-refractivity contribution in [2.24, 2.45) is 7.05 Å². The number of benzene rings is 1. The van der Waals surface area contributed by atoms with Crippen LogP contribution in [0.25, 0.3) is 0 Å². The maximum absolute atomic E-state index is 14.0. The molecule has 1 saturated heterocycles. The highest BCUT2D eigenvalue weighted by molar-refractivity contribution is 5.97. The Morgan fingerprint density at radius 1 is 1.52 bits per heavy atom. The van der Waals surface area contributed by atoms with Gasteiger partial charge in [-0.3, -0.25) is 9.48 Å². The summed E-state index contributed by atoms with van der Waals surface area (Å²) >= 11 is 0. The van der Waals surface area contributed by atoms with Crippen LogP contribution in [0.4, 0.5) is 4.39 Å². The van der Waals surface area contributed by atoms with Crippen LogP contribution in [0.15, 0.2) is 24.4 Å². The van der Waals surface area contributed by atoms with Crippen molar-refractivity contribution in [3.8, 4) is 5.75 Å². The van der Waals surface area contributed by atoms with E-state index in [0.29, 0.717) is 13.0 Å². The zero-order valence-electron chi connectivity index (χ0n) is 14.6. The molecule has 0 spiro atoms. The van der Waals surface area contributed by atoms with Gasteiger partial charge in [-0.15, -0.1) is 0 Å². The van der Waals surface area contributed by atoms with E-state index in [1.54, 1.807) is 23.9 Å². The molecule has 0 unspecified atom stereocenters. The van der Waals surface area contributed by atoms with E-state index in [4.69, 9.17) is 9.47 Å². The monoisotopic (exact) mass is 347 g/mol. The van der Waals surface area contributed by atoms with E-state index in [9.17, 15) is 9.18 Å².